The van der Waals surface area contributed by atoms with Gasteiger partial charge in [0.2, 0.25) is 5.91 Å². The zero-order chi connectivity index (χ0) is 12.1. The van der Waals surface area contributed by atoms with Crippen LogP contribution in [0, 0.1) is 5.92 Å². The molecule has 2 aliphatic rings. The van der Waals surface area contributed by atoms with Crippen LogP contribution in [-0.2, 0) is 4.79 Å². The summed E-state index contributed by atoms with van der Waals surface area (Å²) in [5, 5.41) is 4.03. The first kappa shape index (κ1) is 13.2. The average Bonchev–Trinajstić information content (AvgIpc) is 2.89. The van der Waals surface area contributed by atoms with E-state index < -0.39 is 0 Å². The van der Waals surface area contributed by atoms with Crippen molar-refractivity contribution in [1.29, 1.82) is 0 Å². The Hall–Kier alpha value is -0.220. The third-order valence-corrected chi connectivity index (χ3v) is 5.25. The topological polar surface area (TPSA) is 32.3 Å². The van der Waals surface area contributed by atoms with Crippen molar-refractivity contribution in [3.63, 3.8) is 0 Å². The molecule has 2 fully saturated rings. The van der Waals surface area contributed by atoms with E-state index in [4.69, 9.17) is 0 Å². The molecule has 4 heteroatoms. The molecular formula is C13H24N2OS. The summed E-state index contributed by atoms with van der Waals surface area (Å²) >= 11 is 2.02. The Morgan fingerprint density at radius 3 is 3.12 bits per heavy atom. The van der Waals surface area contributed by atoms with Crippen LogP contribution in [0.15, 0.2) is 0 Å². The SMILES string of the molecule is CCC1CN(C(=O)CCC2CCNC2)CCS1. The molecule has 0 saturated carbocycles. The van der Waals surface area contributed by atoms with Gasteiger partial charge in [-0.2, -0.15) is 11.8 Å². The van der Waals surface area contributed by atoms with Gasteiger partial charge in [-0.05, 0) is 38.3 Å². The van der Waals surface area contributed by atoms with Crippen molar-refractivity contribution in [2.75, 3.05) is 31.9 Å². The van der Waals surface area contributed by atoms with Crippen molar-refractivity contribution >= 4 is 17.7 Å². The zero-order valence-electron chi connectivity index (χ0n) is 10.8. The van der Waals surface area contributed by atoms with Gasteiger partial charge in [-0.1, -0.05) is 6.92 Å². The number of rotatable bonds is 4. The molecule has 0 aliphatic carbocycles. The molecule has 2 atom stereocenters. The highest BCUT2D eigenvalue weighted by atomic mass is 32.2. The van der Waals surface area contributed by atoms with E-state index in [1.807, 2.05) is 11.8 Å². The van der Waals surface area contributed by atoms with Crippen LogP contribution >= 0.6 is 11.8 Å². The van der Waals surface area contributed by atoms with Crippen molar-refractivity contribution in [3.8, 4) is 0 Å². The summed E-state index contributed by atoms with van der Waals surface area (Å²) in [4.78, 5) is 14.2. The van der Waals surface area contributed by atoms with Crippen LogP contribution in [0.1, 0.15) is 32.6 Å². The third-order valence-electron chi connectivity index (χ3n) is 3.88. The second-order valence-electron chi connectivity index (χ2n) is 5.14. The van der Waals surface area contributed by atoms with Crippen molar-refractivity contribution in [3.05, 3.63) is 0 Å². The average molecular weight is 256 g/mol. The van der Waals surface area contributed by atoms with E-state index in [-0.39, 0.29) is 0 Å². The van der Waals surface area contributed by atoms with E-state index in [1.165, 1.54) is 12.8 Å². The smallest absolute Gasteiger partial charge is 0.222 e. The molecule has 2 unspecified atom stereocenters. The molecule has 2 heterocycles. The molecule has 1 amide bonds. The summed E-state index contributed by atoms with van der Waals surface area (Å²) in [6.45, 7) is 6.40. The van der Waals surface area contributed by atoms with E-state index in [0.29, 0.717) is 11.2 Å². The lowest BCUT2D eigenvalue weighted by molar-refractivity contribution is -0.131. The van der Waals surface area contributed by atoms with Gasteiger partial charge in [0.15, 0.2) is 0 Å². The maximum Gasteiger partial charge on any atom is 0.222 e. The van der Waals surface area contributed by atoms with E-state index >= 15 is 0 Å². The number of carbonyl (C=O) groups excluding carboxylic acids is 1. The van der Waals surface area contributed by atoms with Gasteiger partial charge >= 0.3 is 0 Å². The van der Waals surface area contributed by atoms with Crippen LogP contribution in [0.25, 0.3) is 0 Å². The van der Waals surface area contributed by atoms with Crippen LogP contribution < -0.4 is 5.32 Å². The minimum absolute atomic E-state index is 0.385. The minimum atomic E-state index is 0.385. The molecule has 1 N–H and O–H groups in total. The van der Waals surface area contributed by atoms with Crippen LogP contribution in [0.2, 0.25) is 0 Å². The second-order valence-corrected chi connectivity index (χ2v) is 6.55. The predicted octanol–water partition coefficient (Wildman–Crippen LogP) is 1.73. The van der Waals surface area contributed by atoms with E-state index in [9.17, 15) is 4.79 Å². The van der Waals surface area contributed by atoms with E-state index in [2.05, 4.69) is 17.1 Å². The fourth-order valence-corrected chi connectivity index (χ4v) is 3.82. The highest BCUT2D eigenvalue weighted by molar-refractivity contribution is 8.00. The molecule has 0 aromatic rings. The standard InChI is InChI=1S/C13H24N2OS/c1-2-12-10-15(7-8-17-12)13(16)4-3-11-5-6-14-9-11/h11-12,14H,2-10H2,1H3. The Morgan fingerprint density at radius 1 is 1.53 bits per heavy atom. The number of nitrogens with zero attached hydrogens (tertiary/aromatic N) is 1. The Balaban J connectivity index is 1.71. The number of thioether (sulfide) groups is 1. The molecular weight excluding hydrogens is 232 g/mol. The van der Waals surface area contributed by atoms with Gasteiger partial charge in [-0.25, -0.2) is 0 Å². The number of hydrogen-bond acceptors (Lipinski definition) is 3. The molecule has 2 rings (SSSR count). The Morgan fingerprint density at radius 2 is 2.41 bits per heavy atom. The lowest BCUT2D eigenvalue weighted by atomic mass is 10.0. The van der Waals surface area contributed by atoms with Crippen LogP contribution in [0.4, 0.5) is 0 Å². The molecule has 2 saturated heterocycles. The summed E-state index contributed by atoms with van der Waals surface area (Å²) in [7, 11) is 0. The summed E-state index contributed by atoms with van der Waals surface area (Å²) < 4.78 is 0. The normalized spacial score (nSPS) is 29.6. The summed E-state index contributed by atoms with van der Waals surface area (Å²) in [6, 6.07) is 0. The maximum atomic E-state index is 12.1. The van der Waals surface area contributed by atoms with E-state index in [1.54, 1.807) is 0 Å². The molecule has 0 bridgehead atoms. The molecule has 3 nitrogen and oxygen atoms in total. The molecule has 0 aromatic heterocycles. The second kappa shape index (κ2) is 6.64. The highest BCUT2D eigenvalue weighted by Gasteiger charge is 2.23. The first-order chi connectivity index (χ1) is 8.29. The number of hydrogen-bond donors (Lipinski definition) is 1. The van der Waals surface area contributed by atoms with Gasteiger partial charge in [0.25, 0.3) is 0 Å². The minimum Gasteiger partial charge on any atom is -0.341 e. The molecule has 2 aliphatic heterocycles. The quantitative estimate of drug-likeness (QED) is 0.831. The summed E-state index contributed by atoms with van der Waals surface area (Å²) in [5.74, 6) is 2.24. The Labute approximate surface area is 109 Å². The lowest BCUT2D eigenvalue weighted by Crippen LogP contribution is -2.41. The fraction of sp³-hybridized carbons (Fsp3) is 0.923. The number of amides is 1. The van der Waals surface area contributed by atoms with E-state index in [0.717, 1.165) is 50.7 Å². The zero-order valence-corrected chi connectivity index (χ0v) is 11.6. The van der Waals surface area contributed by atoms with Crippen LogP contribution in [0.5, 0.6) is 0 Å². The third kappa shape index (κ3) is 3.88. The van der Waals surface area contributed by atoms with Gasteiger partial charge in [0.1, 0.15) is 0 Å². The first-order valence-corrected chi connectivity index (χ1v) is 7.94. The van der Waals surface area contributed by atoms with Crippen molar-refractivity contribution in [2.45, 2.75) is 37.9 Å². The van der Waals surface area contributed by atoms with Gasteiger partial charge in [-0.3, -0.25) is 4.79 Å². The lowest BCUT2D eigenvalue weighted by Gasteiger charge is -2.32. The van der Waals surface area contributed by atoms with Crippen molar-refractivity contribution in [1.82, 2.24) is 10.2 Å². The van der Waals surface area contributed by atoms with Crippen molar-refractivity contribution in [2.24, 2.45) is 5.92 Å². The van der Waals surface area contributed by atoms with Crippen LogP contribution in [0.3, 0.4) is 0 Å². The highest BCUT2D eigenvalue weighted by Crippen LogP contribution is 2.22. The number of nitrogens with one attached hydrogen (secondary N) is 1. The molecule has 0 aromatic carbocycles. The van der Waals surface area contributed by atoms with Crippen molar-refractivity contribution < 1.29 is 4.79 Å². The Kier molecular flexibility index (Phi) is 5.16. The maximum absolute atomic E-state index is 12.1. The molecule has 0 spiro atoms. The summed E-state index contributed by atoms with van der Waals surface area (Å²) in [6.07, 6.45) is 4.27. The molecule has 17 heavy (non-hydrogen) atoms. The fourth-order valence-electron chi connectivity index (χ4n) is 2.64. The molecule has 0 radical (unpaired) electrons. The summed E-state index contributed by atoms with van der Waals surface area (Å²) in [5.41, 5.74) is 0. The van der Waals surface area contributed by atoms with Gasteiger partial charge < -0.3 is 10.2 Å². The monoisotopic (exact) mass is 256 g/mol. The van der Waals surface area contributed by atoms with Gasteiger partial charge in [0, 0.05) is 30.5 Å². The first-order valence-electron chi connectivity index (χ1n) is 6.89. The van der Waals surface area contributed by atoms with Crippen LogP contribution in [-0.4, -0.2) is 48.0 Å². The Bertz CT molecular complexity index is 254. The largest absolute Gasteiger partial charge is 0.341 e. The molecule has 98 valence electrons. The predicted molar refractivity (Wildman–Crippen MR) is 73.3 cm³/mol. The number of carbonyl (C=O) groups is 1. The van der Waals surface area contributed by atoms with Gasteiger partial charge in [0.05, 0.1) is 0 Å². The van der Waals surface area contributed by atoms with Gasteiger partial charge in [-0.15, -0.1) is 0 Å².